The molecule has 1 aliphatic heterocycles. The van der Waals surface area contributed by atoms with Gasteiger partial charge in [-0.15, -0.1) is 11.8 Å². The quantitative estimate of drug-likeness (QED) is 0.824. The average Bonchev–Trinajstić information content (AvgIpc) is 3.09. The van der Waals surface area contributed by atoms with Gasteiger partial charge in [0.15, 0.2) is 0 Å². The SMILES string of the molecule is CC[C@@H](C)C(=O)N1CSC[C@@H]1C(=O)N[C@@H](C)CCc1ccccc1. The maximum atomic E-state index is 12.6. The van der Waals surface area contributed by atoms with Crippen LogP contribution in [0.3, 0.4) is 0 Å². The molecule has 1 N–H and O–H groups in total. The summed E-state index contributed by atoms with van der Waals surface area (Å²) in [6, 6.07) is 10.1. The number of amides is 2. The number of rotatable bonds is 7. The van der Waals surface area contributed by atoms with E-state index < -0.39 is 0 Å². The predicted molar refractivity (Wildman–Crippen MR) is 99.8 cm³/mol. The normalized spacial score (nSPS) is 19.8. The molecule has 2 amide bonds. The van der Waals surface area contributed by atoms with Crippen LogP contribution in [0.4, 0.5) is 0 Å². The molecular formula is C19H28N2O2S. The molecule has 3 atom stereocenters. The third kappa shape index (κ3) is 5.00. The van der Waals surface area contributed by atoms with Gasteiger partial charge < -0.3 is 10.2 Å². The number of thioether (sulfide) groups is 1. The number of carbonyl (C=O) groups excluding carboxylic acids is 2. The highest BCUT2D eigenvalue weighted by Crippen LogP contribution is 2.24. The first-order chi connectivity index (χ1) is 11.5. The highest BCUT2D eigenvalue weighted by atomic mass is 32.2. The smallest absolute Gasteiger partial charge is 0.243 e. The summed E-state index contributed by atoms with van der Waals surface area (Å²) in [7, 11) is 0. The first-order valence-corrected chi connectivity index (χ1v) is 9.91. The lowest BCUT2D eigenvalue weighted by Crippen LogP contribution is -2.50. The van der Waals surface area contributed by atoms with Gasteiger partial charge in [-0.05, 0) is 31.7 Å². The standard InChI is InChI=1S/C19H28N2O2S/c1-4-14(2)19(23)21-13-24-12-17(21)18(22)20-15(3)10-11-16-8-6-5-7-9-16/h5-9,14-15,17H,4,10-13H2,1-3H3,(H,20,22)/t14-,15+,17-/m1/s1. The van der Waals surface area contributed by atoms with E-state index in [0.29, 0.717) is 11.6 Å². The number of nitrogens with zero attached hydrogens (tertiary/aromatic N) is 1. The summed E-state index contributed by atoms with van der Waals surface area (Å²) in [5.74, 6) is 1.38. The zero-order valence-corrected chi connectivity index (χ0v) is 15.6. The highest BCUT2D eigenvalue weighted by molar-refractivity contribution is 7.99. The molecule has 1 saturated heterocycles. The van der Waals surface area contributed by atoms with E-state index >= 15 is 0 Å². The van der Waals surface area contributed by atoms with Crippen LogP contribution in [0.25, 0.3) is 0 Å². The van der Waals surface area contributed by atoms with Crippen LogP contribution in [-0.2, 0) is 16.0 Å². The van der Waals surface area contributed by atoms with E-state index in [0.717, 1.165) is 19.3 Å². The third-order valence-corrected chi connectivity index (χ3v) is 5.61. The van der Waals surface area contributed by atoms with E-state index in [1.54, 1.807) is 16.7 Å². The minimum Gasteiger partial charge on any atom is -0.352 e. The molecule has 1 aromatic carbocycles. The van der Waals surface area contributed by atoms with Crippen LogP contribution in [0.15, 0.2) is 30.3 Å². The second-order valence-electron chi connectivity index (χ2n) is 6.57. The van der Waals surface area contributed by atoms with Gasteiger partial charge in [-0.2, -0.15) is 0 Å². The molecule has 2 rings (SSSR count). The fourth-order valence-electron chi connectivity index (χ4n) is 2.77. The summed E-state index contributed by atoms with van der Waals surface area (Å²) in [6.45, 7) is 5.97. The molecule has 0 unspecified atom stereocenters. The molecule has 1 aromatic rings. The van der Waals surface area contributed by atoms with Crippen molar-refractivity contribution in [1.82, 2.24) is 10.2 Å². The highest BCUT2D eigenvalue weighted by Gasteiger charge is 2.36. The molecule has 0 spiro atoms. The number of nitrogens with one attached hydrogen (secondary N) is 1. The second-order valence-corrected chi connectivity index (χ2v) is 7.57. The molecule has 0 bridgehead atoms. The lowest BCUT2D eigenvalue weighted by atomic mass is 10.1. The molecule has 132 valence electrons. The van der Waals surface area contributed by atoms with Crippen molar-refractivity contribution >= 4 is 23.6 Å². The van der Waals surface area contributed by atoms with Crippen LogP contribution in [0.2, 0.25) is 0 Å². The summed E-state index contributed by atoms with van der Waals surface area (Å²) < 4.78 is 0. The van der Waals surface area contributed by atoms with Crippen molar-refractivity contribution in [3.63, 3.8) is 0 Å². The Morgan fingerprint density at radius 2 is 2.00 bits per heavy atom. The Morgan fingerprint density at radius 3 is 2.67 bits per heavy atom. The summed E-state index contributed by atoms with van der Waals surface area (Å²) in [5.41, 5.74) is 1.28. The number of benzene rings is 1. The van der Waals surface area contributed by atoms with Crippen LogP contribution < -0.4 is 5.32 Å². The largest absolute Gasteiger partial charge is 0.352 e. The van der Waals surface area contributed by atoms with Gasteiger partial charge in [0.05, 0.1) is 5.88 Å². The number of hydrogen-bond acceptors (Lipinski definition) is 3. The molecule has 24 heavy (non-hydrogen) atoms. The van der Waals surface area contributed by atoms with Gasteiger partial charge >= 0.3 is 0 Å². The average molecular weight is 349 g/mol. The first kappa shape index (κ1) is 18.8. The third-order valence-electron chi connectivity index (χ3n) is 4.60. The van der Waals surface area contributed by atoms with Gasteiger partial charge in [-0.25, -0.2) is 0 Å². The van der Waals surface area contributed by atoms with Gasteiger partial charge in [0.25, 0.3) is 0 Å². The van der Waals surface area contributed by atoms with E-state index in [-0.39, 0.29) is 29.8 Å². The molecule has 0 aromatic heterocycles. The molecule has 1 fully saturated rings. The molecule has 0 radical (unpaired) electrons. The molecule has 4 nitrogen and oxygen atoms in total. The van der Waals surface area contributed by atoms with Crippen LogP contribution in [0, 0.1) is 5.92 Å². The predicted octanol–water partition coefficient (Wildman–Crippen LogP) is 3.07. The fourth-order valence-corrected chi connectivity index (χ4v) is 3.94. The van der Waals surface area contributed by atoms with Gasteiger partial charge in [-0.3, -0.25) is 9.59 Å². The minimum absolute atomic E-state index is 0.0165. The summed E-state index contributed by atoms with van der Waals surface area (Å²) in [4.78, 5) is 26.7. The molecule has 1 aliphatic rings. The Morgan fingerprint density at radius 1 is 1.29 bits per heavy atom. The molecule has 1 heterocycles. The van der Waals surface area contributed by atoms with E-state index in [2.05, 4.69) is 17.4 Å². The summed E-state index contributed by atoms with van der Waals surface area (Å²) in [6.07, 6.45) is 2.65. The van der Waals surface area contributed by atoms with E-state index in [1.807, 2.05) is 39.0 Å². The monoisotopic (exact) mass is 348 g/mol. The van der Waals surface area contributed by atoms with E-state index in [1.165, 1.54) is 5.56 Å². The lowest BCUT2D eigenvalue weighted by molar-refractivity contribution is -0.141. The number of carbonyl (C=O) groups is 2. The van der Waals surface area contributed by atoms with Crippen molar-refractivity contribution in [3.05, 3.63) is 35.9 Å². The topological polar surface area (TPSA) is 49.4 Å². The van der Waals surface area contributed by atoms with Crippen LogP contribution in [-0.4, -0.2) is 40.4 Å². The van der Waals surface area contributed by atoms with Crippen LogP contribution in [0.1, 0.15) is 39.2 Å². The molecular weight excluding hydrogens is 320 g/mol. The first-order valence-electron chi connectivity index (χ1n) is 8.75. The van der Waals surface area contributed by atoms with Crippen molar-refractivity contribution < 1.29 is 9.59 Å². The van der Waals surface area contributed by atoms with Crippen LogP contribution in [0.5, 0.6) is 0 Å². The van der Waals surface area contributed by atoms with Crippen LogP contribution >= 0.6 is 11.8 Å². The number of aryl methyl sites for hydroxylation is 1. The summed E-state index contributed by atoms with van der Waals surface area (Å²) in [5, 5.41) is 3.09. The van der Waals surface area contributed by atoms with E-state index in [9.17, 15) is 9.59 Å². The lowest BCUT2D eigenvalue weighted by Gasteiger charge is -2.26. The zero-order valence-electron chi connectivity index (χ0n) is 14.8. The minimum atomic E-state index is -0.323. The fraction of sp³-hybridized carbons (Fsp3) is 0.579. The van der Waals surface area contributed by atoms with Gasteiger partial charge in [0, 0.05) is 17.7 Å². The maximum absolute atomic E-state index is 12.6. The maximum Gasteiger partial charge on any atom is 0.243 e. The summed E-state index contributed by atoms with van der Waals surface area (Å²) >= 11 is 1.66. The number of hydrogen-bond donors (Lipinski definition) is 1. The van der Waals surface area contributed by atoms with Crippen molar-refractivity contribution in [2.45, 2.75) is 52.1 Å². The van der Waals surface area contributed by atoms with Crippen molar-refractivity contribution in [1.29, 1.82) is 0 Å². The molecule has 0 aliphatic carbocycles. The Bertz CT molecular complexity index is 550. The van der Waals surface area contributed by atoms with Gasteiger partial charge in [0.2, 0.25) is 11.8 Å². The van der Waals surface area contributed by atoms with Gasteiger partial charge in [-0.1, -0.05) is 44.2 Å². The van der Waals surface area contributed by atoms with Crippen molar-refractivity contribution in [2.24, 2.45) is 5.92 Å². The molecule has 0 saturated carbocycles. The Labute approximate surface area is 149 Å². The van der Waals surface area contributed by atoms with Crippen molar-refractivity contribution in [3.8, 4) is 0 Å². The zero-order chi connectivity index (χ0) is 17.5. The Balaban J connectivity index is 1.85. The van der Waals surface area contributed by atoms with Crippen molar-refractivity contribution in [2.75, 3.05) is 11.6 Å². The Hall–Kier alpha value is -1.49. The van der Waals surface area contributed by atoms with E-state index in [4.69, 9.17) is 0 Å². The molecule has 5 heteroatoms. The van der Waals surface area contributed by atoms with Gasteiger partial charge in [0.1, 0.15) is 6.04 Å². The Kier molecular flexibility index (Phi) is 7.16. The second kappa shape index (κ2) is 9.11.